The molecule has 1 aromatic heterocycles. The summed E-state index contributed by atoms with van der Waals surface area (Å²) >= 11 is 0. The second-order valence-electron chi connectivity index (χ2n) is 9.13. The number of ether oxygens (including phenoxy) is 1. The van der Waals surface area contributed by atoms with E-state index >= 15 is 0 Å². The molecule has 0 spiro atoms. The number of nitrogens with one attached hydrogen (secondary N) is 2. The number of benzene rings is 1. The summed E-state index contributed by atoms with van der Waals surface area (Å²) in [6, 6.07) is 1.22. The van der Waals surface area contributed by atoms with Gasteiger partial charge in [-0.2, -0.15) is 31.0 Å². The third-order valence-corrected chi connectivity index (χ3v) is 6.81. The van der Waals surface area contributed by atoms with E-state index in [0.29, 0.717) is 37.9 Å². The number of rotatable bonds is 6. The molecule has 4 atom stereocenters. The van der Waals surface area contributed by atoms with Crippen LogP contribution in [0.15, 0.2) is 47.3 Å². The van der Waals surface area contributed by atoms with Gasteiger partial charge in [0.15, 0.2) is 0 Å². The van der Waals surface area contributed by atoms with E-state index in [4.69, 9.17) is 4.74 Å². The molecule has 0 radical (unpaired) electrons. The molecule has 7 nitrogen and oxygen atoms in total. The maximum Gasteiger partial charge on any atom is 0.416 e. The van der Waals surface area contributed by atoms with Gasteiger partial charge in [-0.25, -0.2) is 9.89 Å². The second-order valence-corrected chi connectivity index (χ2v) is 9.13. The minimum atomic E-state index is -4.94. The Morgan fingerprint density at radius 2 is 1.83 bits per heavy atom. The third kappa shape index (κ3) is 5.56. The van der Waals surface area contributed by atoms with Gasteiger partial charge < -0.3 is 10.1 Å². The highest BCUT2D eigenvalue weighted by molar-refractivity contribution is 5.34. The van der Waals surface area contributed by atoms with Crippen molar-refractivity contribution in [1.29, 1.82) is 0 Å². The molecule has 1 aromatic carbocycles. The van der Waals surface area contributed by atoms with Crippen molar-refractivity contribution in [2.75, 3.05) is 13.2 Å². The molecule has 1 aliphatic carbocycles. The van der Waals surface area contributed by atoms with Gasteiger partial charge in [-0.05, 0) is 60.4 Å². The molecule has 196 valence electrons. The minimum absolute atomic E-state index is 0.0306. The summed E-state index contributed by atoms with van der Waals surface area (Å²) in [4.78, 5) is 11.9. The van der Waals surface area contributed by atoms with Crippen LogP contribution in [0.1, 0.15) is 55.0 Å². The summed E-state index contributed by atoms with van der Waals surface area (Å²) in [5.41, 5.74) is -4.06. The smallest absolute Gasteiger partial charge is 0.372 e. The SMILES string of the molecule is C[C@@H](OC[C@@]1(C2C=CC=CC2)CCC(n2nn[nH]c2=O)CN1)c1cc(C(F)(F)F)cc(C(F)(F)F)c1. The molecule has 4 rings (SSSR count). The molecule has 1 aliphatic heterocycles. The number of aromatic nitrogens is 4. The zero-order valence-corrected chi connectivity index (χ0v) is 19.2. The van der Waals surface area contributed by atoms with Crippen LogP contribution in [0.5, 0.6) is 0 Å². The Morgan fingerprint density at radius 1 is 1.14 bits per heavy atom. The van der Waals surface area contributed by atoms with Crippen LogP contribution < -0.4 is 11.0 Å². The number of halogens is 6. The first-order valence-electron chi connectivity index (χ1n) is 11.4. The molecule has 36 heavy (non-hydrogen) atoms. The Morgan fingerprint density at radius 3 is 2.33 bits per heavy atom. The van der Waals surface area contributed by atoms with Crippen molar-refractivity contribution in [2.24, 2.45) is 5.92 Å². The number of piperidine rings is 1. The van der Waals surface area contributed by atoms with Crippen LogP contribution in [0, 0.1) is 5.92 Å². The lowest BCUT2D eigenvalue weighted by molar-refractivity contribution is -0.143. The standard InChI is InChI=1S/C23H25F6N5O2/c1-14(15-9-17(22(24,25)26)11-18(10-15)23(27,28)29)36-13-21(16-5-3-2-4-6-16)8-7-19(12-30-21)34-20(35)31-32-33-34/h2-5,9-11,14,16,19,30H,6-8,12-13H2,1H3,(H,31,33,35)/t14-,16?,19?,21-/m1/s1. The number of nitrogens with zero attached hydrogens (tertiary/aromatic N) is 3. The topological polar surface area (TPSA) is 84.8 Å². The number of tetrazole rings is 1. The molecule has 1 fully saturated rings. The van der Waals surface area contributed by atoms with Crippen LogP contribution >= 0.6 is 0 Å². The van der Waals surface area contributed by atoms with Gasteiger partial charge in [0, 0.05) is 18.0 Å². The minimum Gasteiger partial charge on any atom is -0.372 e. The molecule has 0 saturated carbocycles. The van der Waals surface area contributed by atoms with Gasteiger partial charge in [0.1, 0.15) is 0 Å². The molecular weight excluding hydrogens is 492 g/mol. The number of H-pyrrole nitrogens is 1. The van der Waals surface area contributed by atoms with Crippen LogP contribution in [-0.4, -0.2) is 38.9 Å². The summed E-state index contributed by atoms with van der Waals surface area (Å²) in [5, 5.41) is 13.0. The van der Waals surface area contributed by atoms with Crippen LogP contribution in [-0.2, 0) is 17.1 Å². The van der Waals surface area contributed by atoms with Crippen LogP contribution in [0.4, 0.5) is 26.3 Å². The van der Waals surface area contributed by atoms with Gasteiger partial charge >= 0.3 is 18.0 Å². The fourth-order valence-corrected chi connectivity index (χ4v) is 4.71. The van der Waals surface area contributed by atoms with Crippen molar-refractivity contribution in [3.8, 4) is 0 Å². The zero-order valence-electron chi connectivity index (χ0n) is 19.2. The van der Waals surface area contributed by atoms with Gasteiger partial charge in [0.2, 0.25) is 0 Å². The number of alkyl halides is 6. The third-order valence-electron chi connectivity index (χ3n) is 6.81. The van der Waals surface area contributed by atoms with Crippen molar-refractivity contribution in [1.82, 2.24) is 25.5 Å². The summed E-state index contributed by atoms with van der Waals surface area (Å²) in [5.74, 6) is -0.0306. The van der Waals surface area contributed by atoms with E-state index in [-0.39, 0.29) is 30.2 Å². The van der Waals surface area contributed by atoms with E-state index in [1.807, 2.05) is 24.3 Å². The van der Waals surface area contributed by atoms with Gasteiger partial charge in [0.25, 0.3) is 0 Å². The van der Waals surface area contributed by atoms with Crippen LogP contribution in [0.2, 0.25) is 0 Å². The second kappa shape index (κ2) is 9.85. The highest BCUT2D eigenvalue weighted by Crippen LogP contribution is 2.39. The van der Waals surface area contributed by atoms with Gasteiger partial charge in [-0.3, -0.25) is 0 Å². The van der Waals surface area contributed by atoms with Crippen molar-refractivity contribution in [2.45, 2.75) is 56.2 Å². The van der Waals surface area contributed by atoms with Gasteiger partial charge in [0.05, 0.1) is 29.9 Å². The summed E-state index contributed by atoms with van der Waals surface area (Å²) in [7, 11) is 0. The Hall–Kier alpha value is -2.93. The normalized spacial score (nSPS) is 25.8. The van der Waals surface area contributed by atoms with E-state index in [1.54, 1.807) is 0 Å². The maximum atomic E-state index is 13.3. The predicted octanol–water partition coefficient (Wildman–Crippen LogP) is 4.58. The quantitative estimate of drug-likeness (QED) is 0.549. The molecule has 2 aromatic rings. The lowest BCUT2D eigenvalue weighted by Crippen LogP contribution is -2.59. The maximum absolute atomic E-state index is 13.3. The number of allylic oxidation sites excluding steroid dienone is 3. The highest BCUT2D eigenvalue weighted by atomic mass is 19.4. The monoisotopic (exact) mass is 517 g/mol. The average molecular weight is 517 g/mol. The molecule has 1 saturated heterocycles. The lowest BCUT2D eigenvalue weighted by Gasteiger charge is -2.46. The van der Waals surface area contributed by atoms with Crippen molar-refractivity contribution in [3.05, 3.63) is 69.7 Å². The van der Waals surface area contributed by atoms with Crippen LogP contribution in [0.3, 0.4) is 0 Å². The Kier molecular flexibility index (Phi) is 7.15. The Bertz CT molecular complexity index is 1140. The summed E-state index contributed by atoms with van der Waals surface area (Å²) in [6.45, 7) is 1.83. The molecule has 0 amide bonds. The van der Waals surface area contributed by atoms with E-state index in [0.717, 1.165) is 0 Å². The molecule has 0 bridgehead atoms. The first kappa shape index (κ1) is 26.1. The first-order valence-corrected chi connectivity index (χ1v) is 11.4. The fourth-order valence-electron chi connectivity index (χ4n) is 4.71. The van der Waals surface area contributed by atoms with Crippen LogP contribution in [0.25, 0.3) is 0 Å². The van der Waals surface area contributed by atoms with E-state index in [9.17, 15) is 31.1 Å². The highest BCUT2D eigenvalue weighted by Gasteiger charge is 2.43. The van der Waals surface area contributed by atoms with Crippen molar-refractivity contribution in [3.63, 3.8) is 0 Å². The average Bonchev–Trinajstić information content (AvgIpc) is 3.27. The Labute approximate surface area is 202 Å². The molecule has 13 heteroatoms. The molecule has 2 aliphatic rings. The van der Waals surface area contributed by atoms with Crippen molar-refractivity contribution < 1.29 is 31.1 Å². The van der Waals surface area contributed by atoms with E-state index in [2.05, 4.69) is 20.8 Å². The number of hydrogen-bond donors (Lipinski definition) is 2. The largest absolute Gasteiger partial charge is 0.416 e. The lowest BCUT2D eigenvalue weighted by atomic mass is 9.74. The van der Waals surface area contributed by atoms with Gasteiger partial charge in [-0.15, -0.1) is 0 Å². The first-order chi connectivity index (χ1) is 16.9. The van der Waals surface area contributed by atoms with Crippen molar-refractivity contribution >= 4 is 0 Å². The summed E-state index contributed by atoms with van der Waals surface area (Å²) in [6.07, 6.45) is -1.39. The predicted molar refractivity (Wildman–Crippen MR) is 117 cm³/mol. The fraction of sp³-hybridized carbons (Fsp3) is 0.522. The zero-order chi connectivity index (χ0) is 26.1. The van der Waals surface area contributed by atoms with E-state index < -0.39 is 40.8 Å². The molecule has 2 unspecified atom stereocenters. The van der Waals surface area contributed by atoms with Gasteiger partial charge in [-0.1, -0.05) is 24.3 Å². The molecule has 2 N–H and O–H groups in total. The number of aromatic amines is 1. The molecular formula is C23H25F6N5O2. The van der Waals surface area contributed by atoms with E-state index in [1.165, 1.54) is 11.6 Å². The Balaban J connectivity index is 1.55. The molecule has 2 heterocycles. The number of hydrogen-bond acceptors (Lipinski definition) is 5. The summed E-state index contributed by atoms with van der Waals surface area (Å²) < 4.78 is 87.0.